The Morgan fingerprint density at radius 1 is 1.00 bits per heavy atom. The van der Waals surface area contributed by atoms with Gasteiger partial charge in [-0.25, -0.2) is 9.97 Å². The van der Waals surface area contributed by atoms with Crippen LogP contribution in [0.3, 0.4) is 0 Å². The van der Waals surface area contributed by atoms with Gasteiger partial charge < -0.3 is 10.6 Å². The molecule has 1 aromatic carbocycles. The number of rotatable bonds is 6. The van der Waals surface area contributed by atoms with Crippen LogP contribution in [-0.4, -0.2) is 16.0 Å². The van der Waals surface area contributed by atoms with E-state index in [1.807, 2.05) is 24.3 Å². The van der Waals surface area contributed by atoms with Gasteiger partial charge in [0.2, 0.25) is 0 Å². The molecule has 2 N–H and O–H groups in total. The molecule has 4 heteroatoms. The Balaban J connectivity index is 2.04. The number of nitrogens with one attached hydrogen (secondary N) is 2. The Hall–Kier alpha value is -2.10. The molecule has 0 aliphatic carbocycles. The minimum Gasteiger partial charge on any atom is -0.367 e. The van der Waals surface area contributed by atoms with Crippen molar-refractivity contribution in [1.29, 1.82) is 0 Å². The van der Waals surface area contributed by atoms with E-state index in [-0.39, 0.29) is 6.04 Å². The molecule has 0 spiro atoms. The Morgan fingerprint density at radius 3 is 2.30 bits per heavy atom. The van der Waals surface area contributed by atoms with Gasteiger partial charge >= 0.3 is 0 Å². The van der Waals surface area contributed by atoms with Crippen molar-refractivity contribution in [2.24, 2.45) is 0 Å². The second kappa shape index (κ2) is 6.89. The normalized spacial score (nSPS) is 13.6. The summed E-state index contributed by atoms with van der Waals surface area (Å²) in [6.07, 6.45) is 2.65. The maximum Gasteiger partial charge on any atom is 0.131 e. The van der Waals surface area contributed by atoms with Crippen LogP contribution in [0.5, 0.6) is 0 Å². The summed E-state index contributed by atoms with van der Waals surface area (Å²) in [5.41, 5.74) is 1.24. The van der Waals surface area contributed by atoms with Gasteiger partial charge in [-0.2, -0.15) is 0 Å². The highest BCUT2D eigenvalue weighted by atomic mass is 15.1. The maximum absolute atomic E-state index is 4.28. The summed E-state index contributed by atoms with van der Waals surface area (Å²) in [5.74, 6) is 1.69. The first-order valence-electron chi connectivity index (χ1n) is 7.09. The molecule has 0 saturated carbocycles. The van der Waals surface area contributed by atoms with Crippen molar-refractivity contribution in [3.63, 3.8) is 0 Å². The summed E-state index contributed by atoms with van der Waals surface area (Å²) in [6.45, 7) is 6.41. The highest BCUT2D eigenvalue weighted by Gasteiger charge is 2.07. The first kappa shape index (κ1) is 14.3. The van der Waals surface area contributed by atoms with Gasteiger partial charge in [0.1, 0.15) is 18.0 Å². The number of anilines is 2. The van der Waals surface area contributed by atoms with Crippen molar-refractivity contribution in [3.05, 3.63) is 48.3 Å². The van der Waals surface area contributed by atoms with Crippen molar-refractivity contribution in [1.82, 2.24) is 9.97 Å². The smallest absolute Gasteiger partial charge is 0.131 e. The molecule has 20 heavy (non-hydrogen) atoms. The third kappa shape index (κ3) is 3.95. The third-order valence-corrected chi connectivity index (χ3v) is 3.34. The predicted octanol–water partition coefficient (Wildman–Crippen LogP) is 3.86. The first-order chi connectivity index (χ1) is 9.69. The highest BCUT2D eigenvalue weighted by Crippen LogP contribution is 2.18. The zero-order valence-corrected chi connectivity index (χ0v) is 12.3. The molecule has 4 nitrogen and oxygen atoms in total. The second-order valence-electron chi connectivity index (χ2n) is 5.02. The van der Waals surface area contributed by atoms with Crippen molar-refractivity contribution in [2.45, 2.75) is 39.3 Å². The molecule has 0 aliphatic rings. The molecule has 1 aromatic heterocycles. The molecule has 0 saturated heterocycles. The van der Waals surface area contributed by atoms with E-state index in [1.54, 1.807) is 6.33 Å². The molecular weight excluding hydrogens is 248 g/mol. The van der Waals surface area contributed by atoms with Crippen LogP contribution in [0.2, 0.25) is 0 Å². The lowest BCUT2D eigenvalue weighted by atomic mass is 10.1. The zero-order chi connectivity index (χ0) is 14.4. The average molecular weight is 270 g/mol. The van der Waals surface area contributed by atoms with E-state index in [0.717, 1.165) is 18.1 Å². The van der Waals surface area contributed by atoms with Crippen molar-refractivity contribution in [3.8, 4) is 0 Å². The molecule has 0 bridgehead atoms. The van der Waals surface area contributed by atoms with Gasteiger partial charge in [-0.3, -0.25) is 0 Å². The van der Waals surface area contributed by atoms with E-state index in [9.17, 15) is 0 Å². The fourth-order valence-corrected chi connectivity index (χ4v) is 1.92. The molecule has 2 unspecified atom stereocenters. The van der Waals surface area contributed by atoms with E-state index >= 15 is 0 Å². The van der Waals surface area contributed by atoms with Crippen LogP contribution in [0.1, 0.15) is 38.8 Å². The number of nitrogens with zero attached hydrogens (tertiary/aromatic N) is 2. The zero-order valence-electron chi connectivity index (χ0n) is 12.3. The van der Waals surface area contributed by atoms with E-state index < -0.39 is 0 Å². The van der Waals surface area contributed by atoms with Crippen LogP contribution in [0.15, 0.2) is 42.7 Å². The molecular formula is C16H22N4. The Labute approximate surface area is 120 Å². The van der Waals surface area contributed by atoms with Gasteiger partial charge in [-0.1, -0.05) is 37.3 Å². The number of hydrogen-bond donors (Lipinski definition) is 2. The van der Waals surface area contributed by atoms with E-state index in [4.69, 9.17) is 0 Å². The van der Waals surface area contributed by atoms with Crippen LogP contribution >= 0.6 is 0 Å². The first-order valence-corrected chi connectivity index (χ1v) is 7.09. The molecule has 0 amide bonds. The summed E-state index contributed by atoms with van der Waals surface area (Å²) < 4.78 is 0. The quantitative estimate of drug-likeness (QED) is 0.837. The van der Waals surface area contributed by atoms with Gasteiger partial charge in [0, 0.05) is 18.2 Å². The van der Waals surface area contributed by atoms with Crippen molar-refractivity contribution >= 4 is 11.6 Å². The lowest BCUT2D eigenvalue weighted by Gasteiger charge is -2.16. The lowest BCUT2D eigenvalue weighted by molar-refractivity contribution is 0.758. The molecule has 2 atom stereocenters. The van der Waals surface area contributed by atoms with Crippen LogP contribution < -0.4 is 10.6 Å². The van der Waals surface area contributed by atoms with E-state index in [0.29, 0.717) is 6.04 Å². The van der Waals surface area contributed by atoms with Gasteiger partial charge in [0.25, 0.3) is 0 Å². The highest BCUT2D eigenvalue weighted by molar-refractivity contribution is 5.48. The second-order valence-corrected chi connectivity index (χ2v) is 5.02. The van der Waals surface area contributed by atoms with E-state index in [1.165, 1.54) is 5.56 Å². The maximum atomic E-state index is 4.28. The summed E-state index contributed by atoms with van der Waals surface area (Å²) >= 11 is 0. The third-order valence-electron chi connectivity index (χ3n) is 3.34. The fourth-order valence-electron chi connectivity index (χ4n) is 1.92. The Bertz CT molecular complexity index is 527. The largest absolute Gasteiger partial charge is 0.367 e. The molecule has 106 valence electrons. The molecule has 0 radical (unpaired) electrons. The predicted molar refractivity (Wildman–Crippen MR) is 83.9 cm³/mol. The molecule has 0 aliphatic heterocycles. The van der Waals surface area contributed by atoms with Gasteiger partial charge in [-0.05, 0) is 25.8 Å². The van der Waals surface area contributed by atoms with Crippen LogP contribution in [0, 0.1) is 0 Å². The van der Waals surface area contributed by atoms with Crippen molar-refractivity contribution in [2.75, 3.05) is 10.6 Å². The molecule has 2 aromatic rings. The number of aromatic nitrogens is 2. The minimum atomic E-state index is 0.211. The Kier molecular flexibility index (Phi) is 4.93. The van der Waals surface area contributed by atoms with Gasteiger partial charge in [-0.15, -0.1) is 0 Å². The minimum absolute atomic E-state index is 0.211. The fraction of sp³-hybridized carbons (Fsp3) is 0.375. The van der Waals surface area contributed by atoms with Crippen molar-refractivity contribution < 1.29 is 0 Å². The van der Waals surface area contributed by atoms with Gasteiger partial charge in [0.05, 0.1) is 0 Å². The summed E-state index contributed by atoms with van der Waals surface area (Å²) in [4.78, 5) is 8.52. The number of hydrogen-bond acceptors (Lipinski definition) is 4. The van der Waals surface area contributed by atoms with Gasteiger partial charge in [0.15, 0.2) is 0 Å². The van der Waals surface area contributed by atoms with E-state index in [2.05, 4.69) is 53.5 Å². The topological polar surface area (TPSA) is 49.8 Å². The average Bonchev–Trinajstić information content (AvgIpc) is 2.48. The summed E-state index contributed by atoms with van der Waals surface area (Å²) in [7, 11) is 0. The SMILES string of the molecule is CCC(C)Nc1cc(NC(C)c2ccccc2)ncn1. The van der Waals surface area contributed by atoms with Crippen LogP contribution in [0.4, 0.5) is 11.6 Å². The standard InChI is InChI=1S/C16H22N4/c1-4-12(2)19-15-10-16(18-11-17-15)20-13(3)14-8-6-5-7-9-14/h5-13H,4H2,1-3H3,(H2,17,18,19,20). The summed E-state index contributed by atoms with van der Waals surface area (Å²) in [5, 5.41) is 6.75. The van der Waals surface area contributed by atoms with Crippen LogP contribution in [-0.2, 0) is 0 Å². The van der Waals surface area contributed by atoms with Crippen LogP contribution in [0.25, 0.3) is 0 Å². The summed E-state index contributed by atoms with van der Waals surface area (Å²) in [6, 6.07) is 12.9. The lowest BCUT2D eigenvalue weighted by Crippen LogP contribution is -2.15. The Morgan fingerprint density at radius 2 is 1.65 bits per heavy atom. The molecule has 1 heterocycles. The molecule has 2 rings (SSSR count). The monoisotopic (exact) mass is 270 g/mol. The number of benzene rings is 1. The molecule has 0 fully saturated rings.